The van der Waals surface area contributed by atoms with E-state index in [1.54, 1.807) is 6.92 Å². The van der Waals surface area contributed by atoms with E-state index in [1.165, 1.54) is 23.5 Å². The second kappa shape index (κ2) is 11.1. The predicted octanol–water partition coefficient (Wildman–Crippen LogP) is 5.31. The first-order valence-corrected chi connectivity index (χ1v) is 12.9. The Bertz CT molecular complexity index is 1260. The fourth-order valence-electron chi connectivity index (χ4n) is 3.55. The van der Waals surface area contributed by atoms with E-state index in [2.05, 4.69) is 39.7 Å². The van der Waals surface area contributed by atoms with E-state index >= 15 is 0 Å². The molecule has 2 aromatic rings. The van der Waals surface area contributed by atoms with Crippen molar-refractivity contribution in [2.45, 2.75) is 31.7 Å². The van der Waals surface area contributed by atoms with Crippen LogP contribution in [0.4, 0.5) is 0 Å². The fourth-order valence-corrected chi connectivity index (χ4v) is 6.50. The lowest BCUT2D eigenvalue weighted by Gasteiger charge is -2.28. The number of carbonyl (C=O) groups is 1. The van der Waals surface area contributed by atoms with Gasteiger partial charge in [0, 0.05) is 19.9 Å². The molecule has 33 heavy (non-hydrogen) atoms. The fraction of sp³-hybridized carbons (Fsp3) is 0.250. The molecule has 1 atom stereocenters. The number of ether oxygens (including phenoxy) is 1. The van der Waals surface area contributed by atoms with E-state index in [1.807, 2.05) is 44.2 Å². The van der Waals surface area contributed by atoms with Gasteiger partial charge in [0.15, 0.2) is 0 Å². The molecule has 0 saturated heterocycles. The minimum atomic E-state index is -0.623. The topological polar surface area (TPSA) is 113 Å². The molecule has 0 unspecified atom stereocenters. The molecule has 0 saturated carbocycles. The first-order valence-electron chi connectivity index (χ1n) is 10.1. The molecular weight excluding hydrogens is 567 g/mol. The number of hydrogen-bond acceptors (Lipinski definition) is 8. The number of esters is 1. The number of nitrogens with zero attached hydrogens (tertiary/aromatic N) is 3. The molecule has 2 heterocycles. The molecule has 6 nitrogen and oxygen atoms in total. The zero-order valence-electron chi connectivity index (χ0n) is 18.3. The Balaban J connectivity index is 2.14. The molecule has 168 valence electrons. The molecule has 1 aromatic carbocycles. The summed E-state index contributed by atoms with van der Waals surface area (Å²) in [4.78, 5) is 18.4. The number of allylic oxidation sites excluding steroid dienone is 1. The number of rotatable bonds is 6. The Morgan fingerprint density at radius 3 is 2.67 bits per heavy atom. The summed E-state index contributed by atoms with van der Waals surface area (Å²) in [6.45, 7) is 5.72. The van der Waals surface area contributed by atoms with Crippen LogP contribution in [0.15, 0.2) is 56.4 Å². The minimum Gasteiger partial charge on any atom is -0.463 e. The van der Waals surface area contributed by atoms with Crippen molar-refractivity contribution in [3.05, 3.63) is 77.4 Å². The number of hydrogen-bond donors (Lipinski definition) is 1. The zero-order chi connectivity index (χ0) is 24.1. The van der Waals surface area contributed by atoms with Crippen molar-refractivity contribution in [1.82, 2.24) is 4.98 Å². The maximum Gasteiger partial charge on any atom is 0.335 e. The van der Waals surface area contributed by atoms with Gasteiger partial charge in [0.2, 0.25) is 0 Å². The summed E-state index contributed by atoms with van der Waals surface area (Å²) in [6, 6.07) is 13.9. The zero-order valence-corrected chi connectivity index (χ0v) is 22.1. The number of aryl methyl sites for hydroxylation is 2. The summed E-state index contributed by atoms with van der Waals surface area (Å²) in [5.41, 5.74) is 10.1. The van der Waals surface area contributed by atoms with Crippen molar-refractivity contribution >= 4 is 52.1 Å². The number of thioether (sulfide) groups is 2. The van der Waals surface area contributed by atoms with Gasteiger partial charge in [-0.05, 0) is 66.6 Å². The third kappa shape index (κ3) is 5.37. The highest BCUT2D eigenvalue weighted by Crippen LogP contribution is 2.47. The second-order valence-corrected chi connectivity index (χ2v) is 10.4. The molecule has 0 fully saturated rings. The van der Waals surface area contributed by atoms with Gasteiger partial charge in [-0.25, -0.2) is 9.78 Å². The molecule has 2 N–H and O–H groups in total. The van der Waals surface area contributed by atoms with Gasteiger partial charge >= 0.3 is 5.97 Å². The molecule has 1 aliphatic heterocycles. The lowest BCUT2D eigenvalue weighted by molar-refractivity contribution is -0.138. The molecule has 0 radical (unpaired) electrons. The van der Waals surface area contributed by atoms with Crippen LogP contribution in [-0.4, -0.2) is 23.3 Å². The Labute approximate surface area is 215 Å². The summed E-state index contributed by atoms with van der Waals surface area (Å²) in [5, 5.41) is 20.5. The standard InChI is InChI=1S/C24H21IN4O2S2/c1-4-31-24(30)21-19(12-32-23-16(10-26)13(2)9-14(3)29-23)33-22(28)17(11-27)20(21)15-7-5-6-8-18(15)25/h5-9,20H,4,12,28H2,1-3H3/t20-/m1/s1. The van der Waals surface area contributed by atoms with E-state index in [4.69, 9.17) is 10.5 Å². The van der Waals surface area contributed by atoms with E-state index < -0.39 is 11.9 Å². The number of nitrogens with two attached hydrogens (primary N) is 1. The Morgan fingerprint density at radius 1 is 1.30 bits per heavy atom. The van der Waals surface area contributed by atoms with Crippen LogP contribution in [0.3, 0.4) is 0 Å². The van der Waals surface area contributed by atoms with Crippen LogP contribution in [0, 0.1) is 40.1 Å². The highest BCUT2D eigenvalue weighted by Gasteiger charge is 2.37. The number of pyridine rings is 1. The first-order chi connectivity index (χ1) is 15.8. The molecule has 0 aliphatic carbocycles. The maximum absolute atomic E-state index is 13.2. The van der Waals surface area contributed by atoms with Crippen LogP contribution < -0.4 is 5.73 Å². The van der Waals surface area contributed by atoms with Crippen molar-refractivity contribution < 1.29 is 9.53 Å². The molecule has 1 aromatic heterocycles. The minimum absolute atomic E-state index is 0.213. The predicted molar refractivity (Wildman–Crippen MR) is 139 cm³/mol. The largest absolute Gasteiger partial charge is 0.463 e. The number of aromatic nitrogens is 1. The summed E-state index contributed by atoms with van der Waals surface area (Å²) in [5.74, 6) is -0.732. The maximum atomic E-state index is 13.2. The summed E-state index contributed by atoms with van der Waals surface area (Å²) >= 11 is 4.78. The second-order valence-electron chi connectivity index (χ2n) is 7.16. The lowest BCUT2D eigenvalue weighted by atomic mass is 9.84. The van der Waals surface area contributed by atoms with E-state index in [0.717, 1.165) is 20.4 Å². The summed E-state index contributed by atoms with van der Waals surface area (Å²) < 4.78 is 6.32. The third-order valence-electron chi connectivity index (χ3n) is 4.97. The van der Waals surface area contributed by atoms with Gasteiger partial charge < -0.3 is 10.5 Å². The highest BCUT2D eigenvalue weighted by molar-refractivity contribution is 14.1. The molecule has 9 heteroatoms. The quantitative estimate of drug-likeness (QED) is 0.275. The molecule has 0 spiro atoms. The SMILES string of the molecule is CCOC(=O)C1=C(CSc2nc(C)cc(C)c2C#N)SC(N)=C(C#N)[C@H]1c1ccccc1I. The Kier molecular flexibility index (Phi) is 8.46. The highest BCUT2D eigenvalue weighted by atomic mass is 127. The van der Waals surface area contributed by atoms with Gasteiger partial charge in [0.1, 0.15) is 11.1 Å². The van der Waals surface area contributed by atoms with Crippen molar-refractivity contribution in [2.75, 3.05) is 12.4 Å². The van der Waals surface area contributed by atoms with Crippen molar-refractivity contribution in [2.24, 2.45) is 5.73 Å². The van der Waals surface area contributed by atoms with Gasteiger partial charge in [-0.1, -0.05) is 41.7 Å². The number of carbonyl (C=O) groups excluding carboxylic acids is 1. The van der Waals surface area contributed by atoms with E-state index in [-0.39, 0.29) is 6.61 Å². The van der Waals surface area contributed by atoms with Crippen LogP contribution in [0.5, 0.6) is 0 Å². The van der Waals surface area contributed by atoms with Crippen LogP contribution in [0.2, 0.25) is 0 Å². The molecule has 3 rings (SSSR count). The number of nitriles is 2. The van der Waals surface area contributed by atoms with Crippen LogP contribution >= 0.6 is 46.1 Å². The smallest absolute Gasteiger partial charge is 0.335 e. The van der Waals surface area contributed by atoms with Gasteiger partial charge in [0.25, 0.3) is 0 Å². The number of halogens is 1. The van der Waals surface area contributed by atoms with Gasteiger partial charge in [-0.3, -0.25) is 0 Å². The molecule has 0 amide bonds. The molecule has 1 aliphatic rings. The van der Waals surface area contributed by atoms with E-state index in [0.29, 0.717) is 37.4 Å². The molecular formula is C24H21IN4O2S2. The first kappa shape index (κ1) is 25.2. The van der Waals surface area contributed by atoms with Crippen molar-refractivity contribution in [1.29, 1.82) is 10.5 Å². The monoisotopic (exact) mass is 588 g/mol. The van der Waals surface area contributed by atoms with Crippen LogP contribution in [0.25, 0.3) is 0 Å². The average Bonchev–Trinajstić information content (AvgIpc) is 2.77. The summed E-state index contributed by atoms with van der Waals surface area (Å²) in [7, 11) is 0. The Morgan fingerprint density at radius 2 is 2.03 bits per heavy atom. The normalized spacial score (nSPS) is 15.8. The number of benzene rings is 1. The molecule has 0 bridgehead atoms. The van der Waals surface area contributed by atoms with Gasteiger partial charge in [-0.2, -0.15) is 10.5 Å². The van der Waals surface area contributed by atoms with Crippen LogP contribution in [-0.2, 0) is 9.53 Å². The lowest BCUT2D eigenvalue weighted by Crippen LogP contribution is -2.24. The van der Waals surface area contributed by atoms with Crippen molar-refractivity contribution in [3.8, 4) is 12.1 Å². The van der Waals surface area contributed by atoms with Gasteiger partial charge in [-0.15, -0.1) is 0 Å². The summed E-state index contributed by atoms with van der Waals surface area (Å²) in [6.07, 6.45) is 0. The van der Waals surface area contributed by atoms with E-state index in [9.17, 15) is 15.3 Å². The Hall–Kier alpha value is -2.47. The van der Waals surface area contributed by atoms with Gasteiger partial charge in [0.05, 0.1) is 40.3 Å². The third-order valence-corrected chi connectivity index (χ3v) is 8.19. The van der Waals surface area contributed by atoms with Crippen molar-refractivity contribution in [3.63, 3.8) is 0 Å². The average molecular weight is 588 g/mol. The van der Waals surface area contributed by atoms with Crippen LogP contribution in [0.1, 0.15) is 35.2 Å².